The third-order valence-corrected chi connectivity index (χ3v) is 3.92. The molecular weight excluding hydrogens is 337 g/mol. The van der Waals surface area contributed by atoms with Crippen molar-refractivity contribution in [1.82, 2.24) is 5.32 Å². The van der Waals surface area contributed by atoms with Gasteiger partial charge >= 0.3 is 0 Å². The van der Waals surface area contributed by atoms with Crippen molar-refractivity contribution in [2.45, 2.75) is 13.0 Å². The number of hydrogen-bond donors (Lipinski definition) is 1. The quantitative estimate of drug-likeness (QED) is 0.905. The molecule has 0 aromatic heterocycles. The summed E-state index contributed by atoms with van der Waals surface area (Å²) in [7, 11) is 0. The molecule has 0 fully saturated rings. The lowest BCUT2D eigenvalue weighted by atomic mass is 10.1. The molecular formula is C17H15Cl2NO3. The third kappa shape index (κ3) is 3.89. The first kappa shape index (κ1) is 16.0. The molecule has 0 spiro atoms. The van der Waals surface area contributed by atoms with Crippen molar-refractivity contribution in [3.63, 3.8) is 0 Å². The zero-order chi connectivity index (χ0) is 16.2. The van der Waals surface area contributed by atoms with Gasteiger partial charge < -0.3 is 14.8 Å². The molecule has 23 heavy (non-hydrogen) atoms. The van der Waals surface area contributed by atoms with E-state index in [-0.39, 0.29) is 5.91 Å². The highest BCUT2D eigenvalue weighted by atomic mass is 35.5. The molecule has 4 nitrogen and oxygen atoms in total. The van der Waals surface area contributed by atoms with E-state index in [9.17, 15) is 4.79 Å². The van der Waals surface area contributed by atoms with Crippen LogP contribution in [-0.4, -0.2) is 19.1 Å². The number of rotatable bonds is 3. The molecule has 0 saturated heterocycles. The summed E-state index contributed by atoms with van der Waals surface area (Å²) >= 11 is 12.1. The van der Waals surface area contributed by atoms with Crippen molar-refractivity contribution in [2.75, 3.05) is 13.2 Å². The molecule has 1 heterocycles. The normalized spacial score (nSPS) is 13.3. The number of amides is 1. The van der Waals surface area contributed by atoms with Gasteiger partial charge in [0.25, 0.3) is 5.91 Å². The standard InChI is InChI=1S/C17H15Cl2NO3/c18-13-4-1-3-12(9-13)17(21)20-10-11-7-14(19)16-15(8-11)22-5-2-6-23-16/h1,3-4,7-9H,2,5-6,10H2,(H,20,21). The number of carbonyl (C=O) groups is 1. The SMILES string of the molecule is O=C(NCc1cc(Cl)c2c(c1)OCCCO2)c1cccc(Cl)c1. The van der Waals surface area contributed by atoms with Gasteiger partial charge in [-0.05, 0) is 35.9 Å². The molecule has 1 N–H and O–H groups in total. The van der Waals surface area contributed by atoms with Gasteiger partial charge in [0.05, 0.1) is 18.2 Å². The first-order chi connectivity index (χ1) is 11.1. The summed E-state index contributed by atoms with van der Waals surface area (Å²) in [5.41, 5.74) is 1.35. The maximum atomic E-state index is 12.1. The molecule has 0 atom stereocenters. The number of benzene rings is 2. The summed E-state index contributed by atoms with van der Waals surface area (Å²) in [4.78, 5) is 12.1. The zero-order valence-corrected chi connectivity index (χ0v) is 13.8. The third-order valence-electron chi connectivity index (χ3n) is 3.40. The first-order valence-corrected chi connectivity index (χ1v) is 8.01. The molecule has 1 aliphatic heterocycles. The van der Waals surface area contributed by atoms with E-state index < -0.39 is 0 Å². The van der Waals surface area contributed by atoms with Crippen molar-refractivity contribution in [2.24, 2.45) is 0 Å². The molecule has 120 valence electrons. The molecule has 6 heteroatoms. The van der Waals surface area contributed by atoms with E-state index >= 15 is 0 Å². The maximum Gasteiger partial charge on any atom is 0.251 e. The lowest BCUT2D eigenvalue weighted by Gasteiger charge is -2.12. The van der Waals surface area contributed by atoms with Crippen LogP contribution in [0.25, 0.3) is 0 Å². The minimum atomic E-state index is -0.198. The molecule has 0 aliphatic carbocycles. The number of nitrogens with one attached hydrogen (secondary N) is 1. The van der Waals surface area contributed by atoms with E-state index in [2.05, 4.69) is 5.32 Å². The van der Waals surface area contributed by atoms with E-state index in [0.717, 1.165) is 12.0 Å². The molecule has 2 aromatic rings. The highest BCUT2D eigenvalue weighted by Gasteiger charge is 2.16. The van der Waals surface area contributed by atoms with Crippen molar-refractivity contribution >= 4 is 29.1 Å². The molecule has 0 bridgehead atoms. The topological polar surface area (TPSA) is 47.6 Å². The first-order valence-electron chi connectivity index (χ1n) is 7.25. The van der Waals surface area contributed by atoms with E-state index in [1.54, 1.807) is 30.3 Å². The smallest absolute Gasteiger partial charge is 0.251 e. The Bertz CT molecular complexity index is 734. The Labute approximate surface area is 144 Å². The Morgan fingerprint density at radius 1 is 1.13 bits per heavy atom. The van der Waals surface area contributed by atoms with E-state index in [4.69, 9.17) is 32.7 Å². The van der Waals surface area contributed by atoms with Gasteiger partial charge in [-0.1, -0.05) is 29.3 Å². The van der Waals surface area contributed by atoms with Gasteiger partial charge in [0.2, 0.25) is 0 Å². The molecule has 2 aromatic carbocycles. The second-order valence-electron chi connectivity index (χ2n) is 5.15. The lowest BCUT2D eigenvalue weighted by molar-refractivity contribution is 0.0951. The molecule has 0 saturated carbocycles. The average molecular weight is 352 g/mol. The van der Waals surface area contributed by atoms with Crippen molar-refractivity contribution in [3.8, 4) is 11.5 Å². The minimum absolute atomic E-state index is 0.198. The minimum Gasteiger partial charge on any atom is -0.489 e. The van der Waals surface area contributed by atoms with Crippen LogP contribution in [0.15, 0.2) is 36.4 Å². The molecule has 3 rings (SSSR count). The Kier molecular flexibility index (Phi) is 4.94. The molecule has 0 radical (unpaired) electrons. The largest absolute Gasteiger partial charge is 0.489 e. The van der Waals surface area contributed by atoms with Gasteiger partial charge in [0, 0.05) is 23.6 Å². The van der Waals surface area contributed by atoms with Crippen LogP contribution in [0.1, 0.15) is 22.3 Å². The summed E-state index contributed by atoms with van der Waals surface area (Å²) in [6.07, 6.45) is 0.811. The number of carbonyl (C=O) groups excluding carboxylic acids is 1. The summed E-state index contributed by atoms with van der Waals surface area (Å²) < 4.78 is 11.2. The fourth-order valence-corrected chi connectivity index (χ4v) is 2.78. The second-order valence-corrected chi connectivity index (χ2v) is 5.99. The lowest BCUT2D eigenvalue weighted by Crippen LogP contribution is -2.22. The van der Waals surface area contributed by atoms with Gasteiger partial charge in [-0.2, -0.15) is 0 Å². The maximum absolute atomic E-state index is 12.1. The van der Waals surface area contributed by atoms with Crippen LogP contribution in [0.3, 0.4) is 0 Å². The van der Waals surface area contributed by atoms with Crippen LogP contribution in [0.4, 0.5) is 0 Å². The highest BCUT2D eigenvalue weighted by molar-refractivity contribution is 6.32. The van der Waals surface area contributed by atoms with Crippen LogP contribution < -0.4 is 14.8 Å². The van der Waals surface area contributed by atoms with Crippen molar-refractivity contribution in [1.29, 1.82) is 0 Å². The summed E-state index contributed by atoms with van der Waals surface area (Å²) in [6, 6.07) is 10.4. The molecule has 1 aliphatic rings. The summed E-state index contributed by atoms with van der Waals surface area (Å²) in [5, 5.41) is 3.85. The monoisotopic (exact) mass is 351 g/mol. The van der Waals surface area contributed by atoms with Gasteiger partial charge in [0.15, 0.2) is 11.5 Å². The van der Waals surface area contributed by atoms with Crippen molar-refractivity contribution < 1.29 is 14.3 Å². The van der Waals surface area contributed by atoms with E-state index in [1.165, 1.54) is 0 Å². The molecule has 0 unspecified atom stereocenters. The number of ether oxygens (including phenoxy) is 2. The fourth-order valence-electron chi connectivity index (χ4n) is 2.30. The number of hydrogen-bond acceptors (Lipinski definition) is 3. The van der Waals surface area contributed by atoms with Crippen LogP contribution in [-0.2, 0) is 6.54 Å². The average Bonchev–Trinajstić information content (AvgIpc) is 2.78. The Morgan fingerprint density at radius 2 is 1.96 bits per heavy atom. The van der Waals surface area contributed by atoms with Gasteiger partial charge in [-0.15, -0.1) is 0 Å². The van der Waals surface area contributed by atoms with Crippen LogP contribution in [0, 0.1) is 0 Å². The van der Waals surface area contributed by atoms with Crippen LogP contribution >= 0.6 is 23.2 Å². The Hall–Kier alpha value is -1.91. The number of fused-ring (bicyclic) bond motifs is 1. The summed E-state index contributed by atoms with van der Waals surface area (Å²) in [5.74, 6) is 0.979. The Morgan fingerprint density at radius 3 is 2.78 bits per heavy atom. The highest BCUT2D eigenvalue weighted by Crippen LogP contribution is 2.37. The van der Waals surface area contributed by atoms with Gasteiger partial charge in [-0.25, -0.2) is 0 Å². The van der Waals surface area contributed by atoms with E-state index in [1.807, 2.05) is 6.07 Å². The fraction of sp³-hybridized carbons (Fsp3) is 0.235. The predicted octanol–water partition coefficient (Wildman–Crippen LogP) is 4.08. The number of halogens is 2. The zero-order valence-electron chi connectivity index (χ0n) is 12.3. The van der Waals surface area contributed by atoms with Crippen LogP contribution in [0.5, 0.6) is 11.5 Å². The second kappa shape index (κ2) is 7.11. The van der Waals surface area contributed by atoms with Crippen LogP contribution in [0.2, 0.25) is 10.0 Å². The van der Waals surface area contributed by atoms with Crippen molar-refractivity contribution in [3.05, 3.63) is 57.6 Å². The van der Waals surface area contributed by atoms with Gasteiger partial charge in [-0.3, -0.25) is 4.79 Å². The molecule has 1 amide bonds. The van der Waals surface area contributed by atoms with E-state index in [0.29, 0.717) is 46.9 Å². The summed E-state index contributed by atoms with van der Waals surface area (Å²) in [6.45, 7) is 1.50. The predicted molar refractivity (Wildman–Crippen MR) is 89.7 cm³/mol. The van der Waals surface area contributed by atoms with Gasteiger partial charge in [0.1, 0.15) is 0 Å². The Balaban J connectivity index is 1.72.